The molecule has 0 radical (unpaired) electrons. The first-order chi connectivity index (χ1) is 24.4. The molecule has 50 heavy (non-hydrogen) atoms. The fourth-order valence-corrected chi connectivity index (χ4v) is 12.1. The summed E-state index contributed by atoms with van der Waals surface area (Å²) < 4.78 is 1.67. The van der Waals surface area contributed by atoms with Crippen LogP contribution in [0.3, 0.4) is 0 Å². The number of rotatable bonds is 4. The Kier molecular flexibility index (Phi) is 27.0. The Morgan fingerprint density at radius 2 is 0.260 bits per heavy atom. The standard InChI is InChI=1S/C48H92N.HI/c1-5-13-21-29-37-45(38-30-22-14-6-1)49(46-39-31-23-15-7-2-8-16-24-32-40-46,47-41-33-25-17-9-3-10-18-26-34-42-47)48-43-35-27-19-11-4-12-20-28-36-44-48;/h45-48H,1-44H2;1H/q+1;/p-1. The Bertz CT molecular complexity index is 577. The molecule has 4 aliphatic carbocycles. The van der Waals surface area contributed by atoms with Crippen LogP contribution in [0.15, 0.2) is 0 Å². The quantitative estimate of drug-likeness (QED) is 0.196. The lowest BCUT2D eigenvalue weighted by Crippen LogP contribution is -3.00. The monoisotopic (exact) mass is 810 g/mol. The fraction of sp³-hybridized carbons (Fsp3) is 1.00. The lowest BCUT2D eigenvalue weighted by Gasteiger charge is -2.60. The van der Waals surface area contributed by atoms with Crippen LogP contribution in [0.2, 0.25) is 0 Å². The Labute approximate surface area is 333 Å². The average molecular weight is 810 g/mol. The highest BCUT2D eigenvalue weighted by molar-refractivity contribution is 4.82. The van der Waals surface area contributed by atoms with Crippen molar-refractivity contribution < 1.29 is 28.5 Å². The molecule has 0 aliphatic heterocycles. The second kappa shape index (κ2) is 30.0. The van der Waals surface area contributed by atoms with Crippen molar-refractivity contribution in [2.75, 3.05) is 0 Å². The van der Waals surface area contributed by atoms with Crippen LogP contribution in [0.5, 0.6) is 0 Å². The van der Waals surface area contributed by atoms with E-state index in [9.17, 15) is 0 Å². The molecule has 0 spiro atoms. The van der Waals surface area contributed by atoms with Crippen LogP contribution < -0.4 is 24.0 Å². The Morgan fingerprint density at radius 3 is 0.380 bits per heavy atom. The fourth-order valence-electron chi connectivity index (χ4n) is 12.1. The predicted octanol–water partition coefficient (Wildman–Crippen LogP) is 13.5. The Balaban J connectivity index is 0.00000676. The molecule has 0 aromatic heterocycles. The highest BCUT2D eigenvalue weighted by Crippen LogP contribution is 2.45. The summed E-state index contributed by atoms with van der Waals surface area (Å²) in [5, 5.41) is 0. The molecule has 1 nitrogen and oxygen atoms in total. The molecule has 0 bridgehead atoms. The number of hydrogen-bond donors (Lipinski definition) is 0. The van der Waals surface area contributed by atoms with Crippen molar-refractivity contribution in [3.8, 4) is 0 Å². The molecule has 4 aliphatic rings. The number of quaternary nitrogens is 1. The maximum atomic E-state index is 1.67. The van der Waals surface area contributed by atoms with Gasteiger partial charge in [0.05, 0.1) is 24.2 Å². The van der Waals surface area contributed by atoms with Gasteiger partial charge < -0.3 is 28.5 Å². The van der Waals surface area contributed by atoms with Crippen molar-refractivity contribution in [2.24, 2.45) is 0 Å². The molecule has 4 saturated carbocycles. The van der Waals surface area contributed by atoms with E-state index in [0.29, 0.717) is 0 Å². The van der Waals surface area contributed by atoms with Gasteiger partial charge in [0.2, 0.25) is 0 Å². The molecule has 0 unspecified atom stereocenters. The summed E-state index contributed by atoms with van der Waals surface area (Å²) in [5.74, 6) is 0. The van der Waals surface area contributed by atoms with E-state index in [0.717, 1.165) is 24.2 Å². The first-order valence-electron chi connectivity index (χ1n) is 24.3. The van der Waals surface area contributed by atoms with Gasteiger partial charge in [-0.05, 0) is 103 Å². The minimum absolute atomic E-state index is 0. The van der Waals surface area contributed by atoms with Crippen molar-refractivity contribution >= 4 is 0 Å². The molecule has 0 heterocycles. The zero-order chi connectivity index (χ0) is 33.9. The first-order valence-corrected chi connectivity index (χ1v) is 24.3. The zero-order valence-electron chi connectivity index (χ0n) is 34.2. The minimum Gasteiger partial charge on any atom is -1.00 e. The molecule has 2 heteroatoms. The highest BCUT2D eigenvalue weighted by Gasteiger charge is 2.52. The molecule has 0 saturated heterocycles. The summed E-state index contributed by atoms with van der Waals surface area (Å²) in [5.41, 5.74) is 0. The maximum Gasteiger partial charge on any atom is 0.0896 e. The van der Waals surface area contributed by atoms with Gasteiger partial charge in [-0.15, -0.1) is 0 Å². The number of nitrogens with zero attached hydrogens (tertiary/aromatic N) is 1. The predicted molar refractivity (Wildman–Crippen MR) is 219 cm³/mol. The minimum atomic E-state index is 0. The number of hydrogen-bond acceptors (Lipinski definition) is 0. The van der Waals surface area contributed by atoms with Crippen molar-refractivity contribution in [3.63, 3.8) is 0 Å². The maximum absolute atomic E-state index is 1.67. The van der Waals surface area contributed by atoms with E-state index in [1.54, 1.807) is 55.8 Å². The van der Waals surface area contributed by atoms with E-state index in [2.05, 4.69) is 0 Å². The van der Waals surface area contributed by atoms with Gasteiger partial charge in [0, 0.05) is 0 Å². The molecule has 296 valence electrons. The Hall–Kier alpha value is 0.690. The van der Waals surface area contributed by atoms with Crippen LogP contribution in [0, 0.1) is 0 Å². The summed E-state index contributed by atoms with van der Waals surface area (Å²) in [7, 11) is 0. The van der Waals surface area contributed by atoms with Crippen molar-refractivity contribution in [2.45, 2.75) is 307 Å². The smallest absolute Gasteiger partial charge is 0.0896 e. The summed E-state index contributed by atoms with van der Waals surface area (Å²) >= 11 is 0. The van der Waals surface area contributed by atoms with Crippen LogP contribution in [0.25, 0.3) is 0 Å². The molecule has 0 aromatic carbocycles. The van der Waals surface area contributed by atoms with Crippen molar-refractivity contribution in [1.29, 1.82) is 0 Å². The normalized spacial score (nSPS) is 26.4. The van der Waals surface area contributed by atoms with Crippen molar-refractivity contribution in [1.82, 2.24) is 0 Å². The lowest BCUT2D eigenvalue weighted by atomic mass is 9.80. The van der Waals surface area contributed by atoms with Gasteiger partial charge in [-0.2, -0.15) is 0 Å². The summed E-state index contributed by atoms with van der Waals surface area (Å²) in [4.78, 5) is 0. The van der Waals surface area contributed by atoms with E-state index in [-0.39, 0.29) is 24.0 Å². The SMILES string of the molecule is C1CCCCCC([N+](C2CCCCCCCCCCC2)(C2CCCCCCCCCCC2)C2CCCCCCCCCCC2)CCCCC1.[I-]. The molecular formula is C48H92IN. The van der Waals surface area contributed by atoms with Gasteiger partial charge in [0.25, 0.3) is 0 Å². The first kappa shape index (κ1) is 45.1. The molecule has 4 fully saturated rings. The van der Waals surface area contributed by atoms with Crippen molar-refractivity contribution in [3.05, 3.63) is 0 Å². The van der Waals surface area contributed by atoms with E-state index in [4.69, 9.17) is 0 Å². The highest BCUT2D eigenvalue weighted by atomic mass is 127. The van der Waals surface area contributed by atoms with Gasteiger partial charge in [0.15, 0.2) is 0 Å². The third kappa shape index (κ3) is 17.0. The molecule has 0 N–H and O–H groups in total. The second-order valence-electron chi connectivity index (χ2n) is 18.5. The summed E-state index contributed by atoms with van der Waals surface area (Å²) in [6.07, 6.45) is 67.4. The largest absolute Gasteiger partial charge is 1.00 e. The average Bonchev–Trinajstić information content (AvgIpc) is 3.08. The Morgan fingerprint density at radius 1 is 0.160 bits per heavy atom. The topological polar surface area (TPSA) is 0 Å². The lowest BCUT2D eigenvalue weighted by molar-refractivity contribution is -1.02. The van der Waals surface area contributed by atoms with Crippen LogP contribution in [0.4, 0.5) is 0 Å². The van der Waals surface area contributed by atoms with Crippen LogP contribution >= 0.6 is 0 Å². The van der Waals surface area contributed by atoms with E-state index in [1.165, 1.54) is 231 Å². The molecule has 0 atom stereocenters. The van der Waals surface area contributed by atoms with Gasteiger partial charge >= 0.3 is 0 Å². The third-order valence-electron chi connectivity index (χ3n) is 14.8. The van der Waals surface area contributed by atoms with Gasteiger partial charge in [-0.3, -0.25) is 0 Å². The van der Waals surface area contributed by atoms with E-state index in [1.807, 2.05) is 0 Å². The second-order valence-corrected chi connectivity index (χ2v) is 18.5. The van der Waals surface area contributed by atoms with E-state index < -0.39 is 0 Å². The summed E-state index contributed by atoms with van der Waals surface area (Å²) in [6, 6.07) is 3.81. The van der Waals surface area contributed by atoms with E-state index >= 15 is 0 Å². The van der Waals surface area contributed by atoms with Crippen LogP contribution in [-0.2, 0) is 0 Å². The van der Waals surface area contributed by atoms with Gasteiger partial charge in [-0.25, -0.2) is 0 Å². The van der Waals surface area contributed by atoms with Gasteiger partial charge in [0.1, 0.15) is 0 Å². The van der Waals surface area contributed by atoms with Crippen LogP contribution in [-0.4, -0.2) is 28.7 Å². The zero-order valence-corrected chi connectivity index (χ0v) is 36.4. The number of halogens is 1. The molecule has 0 amide bonds. The molecular weight excluding hydrogens is 717 g/mol. The third-order valence-corrected chi connectivity index (χ3v) is 14.8. The molecule has 4 rings (SSSR count). The van der Waals surface area contributed by atoms with Crippen LogP contribution in [0.1, 0.15) is 283 Å². The molecule has 0 aromatic rings. The van der Waals surface area contributed by atoms with Gasteiger partial charge in [-0.1, -0.05) is 180 Å². The summed E-state index contributed by atoms with van der Waals surface area (Å²) in [6.45, 7) is 0.